The fourth-order valence-corrected chi connectivity index (χ4v) is 8.54. The van der Waals surface area contributed by atoms with Crippen molar-refractivity contribution in [3.8, 4) is 45.3 Å². The predicted octanol–water partition coefficient (Wildman–Crippen LogP) is 13.8. The lowest BCUT2D eigenvalue weighted by atomic mass is 9.92. The summed E-state index contributed by atoms with van der Waals surface area (Å²) >= 11 is 0. The van der Waals surface area contributed by atoms with Crippen LogP contribution in [0.25, 0.3) is 121 Å². The van der Waals surface area contributed by atoms with Crippen LogP contribution in [-0.2, 0) is 0 Å². The van der Waals surface area contributed by atoms with Gasteiger partial charge in [0.1, 0.15) is 22.3 Å². The summed E-state index contributed by atoms with van der Waals surface area (Å²) in [7, 11) is 0. The minimum Gasteiger partial charge on any atom is -0.456 e. The van der Waals surface area contributed by atoms with Crippen LogP contribution in [0.5, 0.6) is 0 Å². The first kappa shape index (κ1) is 30.8. The molecule has 9 aromatic carbocycles. The number of nitrogens with zero attached hydrogens (tertiary/aromatic N) is 3. The van der Waals surface area contributed by atoms with Crippen LogP contribution in [0.1, 0.15) is 0 Å². The Labute approximate surface area is 320 Å². The second-order valence-electron chi connectivity index (χ2n) is 14.3. The SMILES string of the molecule is c1ccc(-c2nc(-c3cc4ccccc4c4ccccc34)nc(-c3cc(-c4cc5c6ccccc6oc5c5ccccc45)cc4oc5ccccc5c34)n2)cc1. The summed E-state index contributed by atoms with van der Waals surface area (Å²) < 4.78 is 13.2. The Balaban J connectivity index is 1.19. The van der Waals surface area contributed by atoms with E-state index in [1.807, 2.05) is 42.5 Å². The van der Waals surface area contributed by atoms with Gasteiger partial charge < -0.3 is 8.83 Å². The van der Waals surface area contributed by atoms with Crippen molar-refractivity contribution in [2.24, 2.45) is 0 Å². The van der Waals surface area contributed by atoms with Gasteiger partial charge in [-0.15, -0.1) is 0 Å². The number of furan rings is 2. The van der Waals surface area contributed by atoms with Gasteiger partial charge in [-0.25, -0.2) is 15.0 Å². The van der Waals surface area contributed by atoms with Gasteiger partial charge in [-0.3, -0.25) is 0 Å². The van der Waals surface area contributed by atoms with E-state index in [1.165, 1.54) is 5.39 Å². The maximum Gasteiger partial charge on any atom is 0.164 e. The summed E-state index contributed by atoms with van der Waals surface area (Å²) in [5.74, 6) is 1.79. The van der Waals surface area contributed by atoms with Crippen LogP contribution < -0.4 is 0 Å². The molecule has 0 amide bonds. The van der Waals surface area contributed by atoms with Crippen LogP contribution in [0, 0.1) is 0 Å². The molecule has 0 unspecified atom stereocenters. The molecule has 0 saturated heterocycles. The zero-order valence-electron chi connectivity index (χ0n) is 29.9. The van der Waals surface area contributed by atoms with E-state index in [-0.39, 0.29) is 0 Å². The third-order valence-corrected chi connectivity index (χ3v) is 11.1. The van der Waals surface area contributed by atoms with E-state index in [1.54, 1.807) is 0 Å². The molecule has 0 aliphatic heterocycles. The van der Waals surface area contributed by atoms with E-state index < -0.39 is 0 Å². The topological polar surface area (TPSA) is 65.0 Å². The highest BCUT2D eigenvalue weighted by Gasteiger charge is 2.22. The Morgan fingerprint density at radius 2 is 0.875 bits per heavy atom. The molecule has 3 aromatic heterocycles. The minimum atomic E-state index is 0.573. The second kappa shape index (κ2) is 11.9. The highest BCUT2D eigenvalue weighted by molar-refractivity contribution is 6.20. The van der Waals surface area contributed by atoms with E-state index in [2.05, 4.69) is 133 Å². The van der Waals surface area contributed by atoms with Gasteiger partial charge in [0.2, 0.25) is 0 Å². The molecule has 0 bridgehead atoms. The molecule has 0 atom stereocenters. The lowest BCUT2D eigenvalue weighted by Gasteiger charge is -2.14. The Kier molecular flexibility index (Phi) is 6.56. The molecule has 5 heteroatoms. The predicted molar refractivity (Wildman–Crippen MR) is 229 cm³/mol. The van der Waals surface area contributed by atoms with Crippen LogP contribution in [-0.4, -0.2) is 15.0 Å². The molecule has 12 rings (SSSR count). The number of hydrogen-bond donors (Lipinski definition) is 0. The van der Waals surface area contributed by atoms with Crippen LogP contribution in [0.4, 0.5) is 0 Å². The number of hydrogen-bond acceptors (Lipinski definition) is 5. The van der Waals surface area contributed by atoms with Crippen molar-refractivity contribution < 1.29 is 8.83 Å². The summed E-state index contributed by atoms with van der Waals surface area (Å²) in [5, 5.41) is 10.8. The highest BCUT2D eigenvalue weighted by atomic mass is 16.3. The van der Waals surface area contributed by atoms with Crippen molar-refractivity contribution in [2.45, 2.75) is 0 Å². The van der Waals surface area contributed by atoms with E-state index in [4.69, 9.17) is 23.8 Å². The first-order valence-electron chi connectivity index (χ1n) is 18.8. The van der Waals surface area contributed by atoms with Gasteiger partial charge in [0.05, 0.1) is 0 Å². The van der Waals surface area contributed by atoms with Crippen molar-refractivity contribution in [2.75, 3.05) is 0 Å². The van der Waals surface area contributed by atoms with Gasteiger partial charge in [-0.2, -0.15) is 0 Å². The van der Waals surface area contributed by atoms with Crippen LogP contribution in [0.15, 0.2) is 185 Å². The molecule has 12 aromatic rings. The number of fused-ring (bicyclic) bond motifs is 11. The third kappa shape index (κ3) is 4.64. The fraction of sp³-hybridized carbons (Fsp3) is 0. The molecule has 0 fully saturated rings. The number of para-hydroxylation sites is 2. The van der Waals surface area contributed by atoms with Crippen LogP contribution in [0.3, 0.4) is 0 Å². The minimum absolute atomic E-state index is 0.573. The van der Waals surface area contributed by atoms with Crippen LogP contribution >= 0.6 is 0 Å². The smallest absolute Gasteiger partial charge is 0.164 e. The molecule has 56 heavy (non-hydrogen) atoms. The third-order valence-electron chi connectivity index (χ3n) is 11.1. The average molecular weight is 716 g/mol. The summed E-state index contributed by atoms with van der Waals surface area (Å²) in [4.78, 5) is 15.9. The number of rotatable bonds is 4. The quantitative estimate of drug-likeness (QED) is 0.170. The Morgan fingerprint density at radius 3 is 1.66 bits per heavy atom. The van der Waals surface area contributed by atoms with E-state index >= 15 is 0 Å². The first-order chi connectivity index (χ1) is 27.7. The van der Waals surface area contributed by atoms with E-state index in [9.17, 15) is 0 Å². The molecule has 0 saturated carbocycles. The maximum absolute atomic E-state index is 6.68. The average Bonchev–Trinajstić information content (AvgIpc) is 3.84. The van der Waals surface area contributed by atoms with Crippen molar-refractivity contribution in [1.82, 2.24) is 15.0 Å². The van der Waals surface area contributed by atoms with Gasteiger partial charge in [0.15, 0.2) is 17.5 Å². The van der Waals surface area contributed by atoms with Crippen molar-refractivity contribution in [3.05, 3.63) is 176 Å². The lowest BCUT2D eigenvalue weighted by Crippen LogP contribution is -2.01. The largest absolute Gasteiger partial charge is 0.456 e. The number of aromatic nitrogens is 3. The van der Waals surface area contributed by atoms with Gasteiger partial charge in [0, 0.05) is 43.6 Å². The summed E-state index contributed by atoms with van der Waals surface area (Å²) in [6.45, 7) is 0. The Morgan fingerprint density at radius 1 is 0.304 bits per heavy atom. The zero-order chi connectivity index (χ0) is 36.7. The first-order valence-corrected chi connectivity index (χ1v) is 18.8. The monoisotopic (exact) mass is 715 g/mol. The van der Waals surface area contributed by atoms with E-state index in [0.717, 1.165) is 98.6 Å². The van der Waals surface area contributed by atoms with Gasteiger partial charge in [-0.1, -0.05) is 140 Å². The van der Waals surface area contributed by atoms with Crippen molar-refractivity contribution in [3.63, 3.8) is 0 Å². The molecule has 3 heterocycles. The molecule has 0 aliphatic rings. The summed E-state index contributed by atoms with van der Waals surface area (Å²) in [6.07, 6.45) is 0. The second-order valence-corrected chi connectivity index (χ2v) is 14.3. The number of benzene rings is 9. The fourth-order valence-electron chi connectivity index (χ4n) is 8.54. The zero-order valence-corrected chi connectivity index (χ0v) is 29.9. The molecule has 0 spiro atoms. The molecule has 0 N–H and O–H groups in total. The van der Waals surface area contributed by atoms with Crippen LogP contribution in [0.2, 0.25) is 0 Å². The molecule has 260 valence electrons. The summed E-state index contributed by atoms with van der Waals surface area (Å²) in [5.41, 5.74) is 8.12. The van der Waals surface area contributed by atoms with Crippen molar-refractivity contribution >= 4 is 76.2 Å². The van der Waals surface area contributed by atoms with E-state index in [0.29, 0.717) is 17.5 Å². The summed E-state index contributed by atoms with van der Waals surface area (Å²) in [6, 6.07) is 60.9. The lowest BCUT2D eigenvalue weighted by molar-refractivity contribution is 0.669. The molecule has 0 radical (unpaired) electrons. The standard InChI is InChI=1S/C51H29N3O2/c1-2-14-30(15-3-1)49-52-50(42-26-31-16-4-5-17-33(31)34-18-6-7-19-35(34)42)54-51(53-49)43-27-32(28-46-47(43)39-23-11-13-25-45(39)55-46)40-29-41-37-21-10-12-24-44(37)56-48(41)38-22-9-8-20-36(38)40/h1-29H. The molecule has 0 aliphatic carbocycles. The highest BCUT2D eigenvalue weighted by Crippen LogP contribution is 2.44. The van der Waals surface area contributed by atoms with Gasteiger partial charge >= 0.3 is 0 Å². The molecule has 5 nitrogen and oxygen atoms in total. The molecular weight excluding hydrogens is 687 g/mol. The maximum atomic E-state index is 6.68. The molecular formula is C51H29N3O2. The Hall–Kier alpha value is -7.63. The normalized spacial score (nSPS) is 11.9. The van der Waals surface area contributed by atoms with Crippen molar-refractivity contribution in [1.29, 1.82) is 0 Å². The van der Waals surface area contributed by atoms with Gasteiger partial charge in [-0.05, 0) is 74.5 Å². The van der Waals surface area contributed by atoms with Gasteiger partial charge in [0.25, 0.3) is 0 Å². The Bertz CT molecular complexity index is 3550.